The Morgan fingerprint density at radius 3 is 2.59 bits per heavy atom. The van der Waals surface area contributed by atoms with Gasteiger partial charge >= 0.3 is 0 Å². The number of anilines is 1. The highest BCUT2D eigenvalue weighted by Gasteiger charge is 2.20. The van der Waals surface area contributed by atoms with Crippen LogP contribution in [0.5, 0.6) is 11.5 Å². The van der Waals surface area contributed by atoms with Gasteiger partial charge in [-0.25, -0.2) is 8.42 Å². The summed E-state index contributed by atoms with van der Waals surface area (Å²) >= 11 is 0.739. The third kappa shape index (κ3) is 5.96. The van der Waals surface area contributed by atoms with Crippen molar-refractivity contribution in [3.63, 3.8) is 0 Å². The minimum atomic E-state index is -3.54. The van der Waals surface area contributed by atoms with Gasteiger partial charge in [0.15, 0.2) is 0 Å². The van der Waals surface area contributed by atoms with E-state index in [1.807, 2.05) is 65.4 Å². The number of fused-ring (bicyclic) bond motifs is 1. The number of carbonyl (C=O) groups excluding carboxylic acids is 1. The molecule has 0 saturated heterocycles. The number of benzene rings is 2. The molecule has 2 aromatic carbocycles. The van der Waals surface area contributed by atoms with Gasteiger partial charge in [0.1, 0.15) is 29.7 Å². The number of sulfone groups is 1. The number of ether oxygens (including phenoxy) is 2. The molecule has 0 aliphatic rings. The van der Waals surface area contributed by atoms with Crippen LogP contribution in [0.25, 0.3) is 17.0 Å². The summed E-state index contributed by atoms with van der Waals surface area (Å²) in [5, 5.41) is 20.3. The number of hydrogen-bond donors (Lipinski definition) is 1. The van der Waals surface area contributed by atoms with E-state index in [-0.39, 0.29) is 20.8 Å². The number of nitrogens with zero attached hydrogens (tertiary/aromatic N) is 4. The summed E-state index contributed by atoms with van der Waals surface area (Å²) in [5.41, 5.74) is 1.44. The van der Waals surface area contributed by atoms with Crippen molar-refractivity contribution < 1.29 is 22.7 Å². The molecule has 4 aromatic rings. The second-order valence-corrected chi connectivity index (χ2v) is 11.1. The zero-order chi connectivity index (χ0) is 26.4. The van der Waals surface area contributed by atoms with E-state index in [0.717, 1.165) is 28.0 Å². The number of para-hydroxylation sites is 1. The molecular weight excluding hydrogens is 514 g/mol. The Morgan fingerprint density at radius 2 is 1.89 bits per heavy atom. The van der Waals surface area contributed by atoms with E-state index < -0.39 is 15.7 Å². The van der Waals surface area contributed by atoms with Crippen molar-refractivity contribution >= 4 is 49.2 Å². The molecule has 4 rings (SSSR count). The number of nitrogens with one attached hydrogen (secondary N) is 1. The van der Waals surface area contributed by atoms with Crippen molar-refractivity contribution in [3.05, 3.63) is 65.9 Å². The zero-order valence-electron chi connectivity index (χ0n) is 20.0. The van der Waals surface area contributed by atoms with Crippen LogP contribution < -0.4 is 14.8 Å². The number of rotatable bonds is 10. The Labute approximate surface area is 217 Å². The standard InChI is InChI=1S/C25H23N5O5S2/c1-3-37(32,33)25-29-28-24(36-25)27-23(31)17(15-26)14-18-16-30(22-7-5-4-6-21(18)22)12-13-35-20-10-8-19(34-2)9-11-20/h4-11,14,16H,3,12-13H2,1-2H3,(H,27,28,31)/b17-14-. The number of methoxy groups -OCH3 is 1. The molecule has 0 fully saturated rings. The minimum absolute atomic E-state index is 0.00344. The molecule has 0 atom stereocenters. The first-order chi connectivity index (χ1) is 17.8. The van der Waals surface area contributed by atoms with Gasteiger partial charge in [-0.2, -0.15) is 5.26 Å². The lowest BCUT2D eigenvalue weighted by atomic mass is 10.1. The number of hydrogen-bond acceptors (Lipinski definition) is 9. The smallest absolute Gasteiger partial charge is 0.268 e. The van der Waals surface area contributed by atoms with E-state index in [2.05, 4.69) is 15.5 Å². The van der Waals surface area contributed by atoms with Crippen molar-refractivity contribution in [1.82, 2.24) is 14.8 Å². The van der Waals surface area contributed by atoms with E-state index >= 15 is 0 Å². The quantitative estimate of drug-likeness (QED) is 0.183. The monoisotopic (exact) mass is 537 g/mol. The summed E-state index contributed by atoms with van der Waals surface area (Å²) in [6, 6.07) is 16.9. The fraction of sp³-hybridized carbons (Fsp3) is 0.200. The van der Waals surface area contributed by atoms with Crippen LogP contribution in [0.2, 0.25) is 0 Å². The first-order valence-corrected chi connectivity index (χ1v) is 13.7. The summed E-state index contributed by atoms with van der Waals surface area (Å²) in [5.74, 6) is 0.620. The molecule has 1 N–H and O–H groups in total. The number of nitriles is 1. The molecule has 10 nitrogen and oxygen atoms in total. The van der Waals surface area contributed by atoms with Crippen LogP contribution in [0.3, 0.4) is 0 Å². The van der Waals surface area contributed by atoms with Gasteiger partial charge in [-0.05, 0) is 36.4 Å². The Bertz CT molecular complexity index is 1600. The zero-order valence-corrected chi connectivity index (χ0v) is 21.7. The van der Waals surface area contributed by atoms with E-state index in [9.17, 15) is 18.5 Å². The van der Waals surface area contributed by atoms with Gasteiger partial charge < -0.3 is 14.0 Å². The Morgan fingerprint density at radius 1 is 1.16 bits per heavy atom. The van der Waals surface area contributed by atoms with Gasteiger partial charge in [-0.3, -0.25) is 10.1 Å². The largest absolute Gasteiger partial charge is 0.497 e. The molecule has 12 heteroatoms. The molecule has 190 valence electrons. The van der Waals surface area contributed by atoms with Crippen LogP contribution >= 0.6 is 11.3 Å². The van der Waals surface area contributed by atoms with E-state index in [4.69, 9.17) is 9.47 Å². The molecule has 0 saturated carbocycles. The van der Waals surface area contributed by atoms with Gasteiger partial charge in [0.2, 0.25) is 19.3 Å². The average Bonchev–Trinajstić information content (AvgIpc) is 3.53. The van der Waals surface area contributed by atoms with Crippen LogP contribution in [0.4, 0.5) is 5.13 Å². The van der Waals surface area contributed by atoms with Crippen LogP contribution in [0.15, 0.2) is 64.6 Å². The van der Waals surface area contributed by atoms with Gasteiger partial charge in [0.05, 0.1) is 19.4 Å². The third-order valence-electron chi connectivity index (χ3n) is 5.42. The molecule has 0 bridgehead atoms. The van der Waals surface area contributed by atoms with Gasteiger partial charge in [-0.15, -0.1) is 10.2 Å². The lowest BCUT2D eigenvalue weighted by Gasteiger charge is -2.09. The highest BCUT2D eigenvalue weighted by molar-refractivity contribution is 7.93. The molecule has 0 aliphatic carbocycles. The van der Waals surface area contributed by atoms with E-state index in [1.165, 1.54) is 13.0 Å². The van der Waals surface area contributed by atoms with Gasteiger partial charge in [0.25, 0.3) is 5.91 Å². The SMILES string of the molecule is CCS(=O)(=O)c1nnc(NC(=O)/C(C#N)=C\c2cn(CCOc3ccc(OC)cc3)c3ccccc23)s1. The van der Waals surface area contributed by atoms with Crippen molar-refractivity contribution in [1.29, 1.82) is 5.26 Å². The third-order valence-corrected chi connectivity index (χ3v) is 8.44. The lowest BCUT2D eigenvalue weighted by molar-refractivity contribution is -0.112. The molecular formula is C25H23N5O5S2. The number of amides is 1. The highest BCUT2D eigenvalue weighted by Crippen LogP contribution is 2.25. The predicted octanol–water partition coefficient (Wildman–Crippen LogP) is 3.92. The Kier molecular flexibility index (Phi) is 7.86. The van der Waals surface area contributed by atoms with Crippen LogP contribution in [0.1, 0.15) is 12.5 Å². The maximum Gasteiger partial charge on any atom is 0.268 e. The molecule has 2 aromatic heterocycles. The highest BCUT2D eigenvalue weighted by atomic mass is 32.2. The summed E-state index contributed by atoms with van der Waals surface area (Å²) in [4.78, 5) is 12.7. The molecule has 37 heavy (non-hydrogen) atoms. The fourth-order valence-electron chi connectivity index (χ4n) is 3.49. The number of aromatic nitrogens is 3. The predicted molar refractivity (Wildman–Crippen MR) is 140 cm³/mol. The van der Waals surface area contributed by atoms with Gasteiger partial charge in [0, 0.05) is 22.7 Å². The minimum Gasteiger partial charge on any atom is -0.497 e. The van der Waals surface area contributed by atoms with Crippen molar-refractivity contribution in [2.75, 3.05) is 24.8 Å². The van der Waals surface area contributed by atoms with Crippen molar-refractivity contribution in [3.8, 4) is 17.6 Å². The second-order valence-electron chi connectivity index (χ2n) is 7.72. The summed E-state index contributed by atoms with van der Waals surface area (Å²) < 4.78 is 36.7. The molecule has 0 aliphatic heterocycles. The first-order valence-electron chi connectivity index (χ1n) is 11.2. The number of carbonyl (C=O) groups is 1. The topological polar surface area (TPSA) is 136 Å². The average molecular weight is 538 g/mol. The molecule has 0 unspecified atom stereocenters. The maximum atomic E-state index is 12.7. The summed E-state index contributed by atoms with van der Waals surface area (Å²) in [7, 11) is -1.94. The summed E-state index contributed by atoms with van der Waals surface area (Å²) in [6.07, 6.45) is 3.34. The normalized spacial score (nSPS) is 11.8. The van der Waals surface area contributed by atoms with E-state index in [1.54, 1.807) is 7.11 Å². The van der Waals surface area contributed by atoms with Gasteiger partial charge in [-0.1, -0.05) is 36.5 Å². The molecule has 0 radical (unpaired) electrons. The van der Waals surface area contributed by atoms with E-state index in [0.29, 0.717) is 24.5 Å². The Balaban J connectivity index is 1.52. The lowest BCUT2D eigenvalue weighted by Crippen LogP contribution is -2.13. The maximum absolute atomic E-state index is 12.7. The van der Waals surface area contributed by atoms with Crippen LogP contribution in [-0.4, -0.2) is 48.6 Å². The van der Waals surface area contributed by atoms with Crippen LogP contribution in [0, 0.1) is 11.3 Å². The van der Waals surface area contributed by atoms with Crippen LogP contribution in [-0.2, 0) is 21.2 Å². The molecule has 0 spiro atoms. The fourth-order valence-corrected chi connectivity index (χ4v) is 5.47. The van der Waals surface area contributed by atoms with Crippen molar-refractivity contribution in [2.45, 2.75) is 17.8 Å². The second kappa shape index (κ2) is 11.2. The summed E-state index contributed by atoms with van der Waals surface area (Å²) in [6.45, 7) is 2.43. The van der Waals surface area contributed by atoms with Crippen molar-refractivity contribution in [2.24, 2.45) is 0 Å². The molecule has 1 amide bonds. The first kappa shape index (κ1) is 25.9. The Hall–Kier alpha value is -4.21. The molecule has 2 heterocycles.